The Hall–Kier alpha value is -0.610. The molecule has 0 atom stereocenters. The summed E-state index contributed by atoms with van der Waals surface area (Å²) in [5, 5.41) is 11.9. The summed E-state index contributed by atoms with van der Waals surface area (Å²) in [4.78, 5) is 12.3. The van der Waals surface area contributed by atoms with Crippen molar-refractivity contribution in [1.29, 1.82) is 0 Å². The van der Waals surface area contributed by atoms with Crippen molar-refractivity contribution in [3.63, 3.8) is 0 Å². The Morgan fingerprint density at radius 3 is 2.77 bits per heavy atom. The van der Waals surface area contributed by atoms with Crippen molar-refractivity contribution in [3.05, 3.63) is 0 Å². The average Bonchev–Trinajstić information content (AvgIpc) is 2.15. The van der Waals surface area contributed by atoms with Crippen molar-refractivity contribution in [2.24, 2.45) is 0 Å². The SMILES string of the molecule is O=CNCCCN1CCC(O)CC1. The molecule has 2 N–H and O–H groups in total. The van der Waals surface area contributed by atoms with Crippen LogP contribution in [-0.2, 0) is 4.79 Å². The second-order valence-corrected chi connectivity index (χ2v) is 3.50. The average molecular weight is 186 g/mol. The van der Waals surface area contributed by atoms with Crippen LogP contribution >= 0.6 is 0 Å². The molecule has 4 heteroatoms. The summed E-state index contributed by atoms with van der Waals surface area (Å²) in [5.74, 6) is 0. The van der Waals surface area contributed by atoms with Gasteiger partial charge in [-0.1, -0.05) is 0 Å². The van der Waals surface area contributed by atoms with E-state index in [0.29, 0.717) is 0 Å². The lowest BCUT2D eigenvalue weighted by Gasteiger charge is -2.29. The van der Waals surface area contributed by atoms with E-state index in [-0.39, 0.29) is 6.10 Å². The Morgan fingerprint density at radius 2 is 2.15 bits per heavy atom. The maximum absolute atomic E-state index is 9.94. The predicted octanol–water partition coefficient (Wildman–Crippen LogP) is -0.421. The van der Waals surface area contributed by atoms with Gasteiger partial charge in [-0.3, -0.25) is 4.79 Å². The van der Waals surface area contributed by atoms with Gasteiger partial charge in [0.1, 0.15) is 0 Å². The first-order chi connectivity index (χ1) is 6.33. The summed E-state index contributed by atoms with van der Waals surface area (Å²) in [7, 11) is 0. The van der Waals surface area contributed by atoms with Crippen LogP contribution < -0.4 is 5.32 Å². The van der Waals surface area contributed by atoms with Crippen molar-refractivity contribution < 1.29 is 9.90 Å². The van der Waals surface area contributed by atoms with Gasteiger partial charge in [-0.05, 0) is 25.8 Å². The van der Waals surface area contributed by atoms with E-state index in [1.807, 2.05) is 0 Å². The minimum atomic E-state index is -0.0932. The van der Waals surface area contributed by atoms with Crippen molar-refractivity contribution in [2.45, 2.75) is 25.4 Å². The van der Waals surface area contributed by atoms with E-state index in [2.05, 4.69) is 10.2 Å². The zero-order valence-electron chi connectivity index (χ0n) is 7.91. The van der Waals surface area contributed by atoms with Crippen LogP contribution in [0.2, 0.25) is 0 Å². The Kier molecular flexibility index (Phi) is 4.78. The third-order valence-corrected chi connectivity index (χ3v) is 2.44. The fraction of sp³-hybridized carbons (Fsp3) is 0.889. The third kappa shape index (κ3) is 4.24. The maximum Gasteiger partial charge on any atom is 0.207 e. The fourth-order valence-corrected chi connectivity index (χ4v) is 1.61. The molecule has 1 aliphatic heterocycles. The molecule has 1 heterocycles. The second-order valence-electron chi connectivity index (χ2n) is 3.50. The molecule has 1 fully saturated rings. The van der Waals surface area contributed by atoms with Crippen molar-refractivity contribution in [3.8, 4) is 0 Å². The predicted molar refractivity (Wildman–Crippen MR) is 50.4 cm³/mol. The highest BCUT2D eigenvalue weighted by atomic mass is 16.3. The first kappa shape index (κ1) is 10.5. The van der Waals surface area contributed by atoms with E-state index in [4.69, 9.17) is 0 Å². The summed E-state index contributed by atoms with van der Waals surface area (Å²) in [6.45, 7) is 3.75. The van der Waals surface area contributed by atoms with E-state index in [0.717, 1.165) is 51.9 Å². The molecule has 0 aromatic heterocycles. The smallest absolute Gasteiger partial charge is 0.207 e. The molecule has 0 aliphatic carbocycles. The molecular weight excluding hydrogens is 168 g/mol. The van der Waals surface area contributed by atoms with Crippen LogP contribution in [0.25, 0.3) is 0 Å². The quantitative estimate of drug-likeness (QED) is 0.453. The molecule has 0 saturated carbocycles. The highest BCUT2D eigenvalue weighted by Crippen LogP contribution is 2.09. The molecule has 0 radical (unpaired) electrons. The van der Waals surface area contributed by atoms with Gasteiger partial charge in [0.15, 0.2) is 0 Å². The summed E-state index contributed by atoms with van der Waals surface area (Å²) >= 11 is 0. The lowest BCUT2D eigenvalue weighted by atomic mass is 10.1. The number of rotatable bonds is 5. The summed E-state index contributed by atoms with van der Waals surface area (Å²) < 4.78 is 0. The number of hydrogen-bond donors (Lipinski definition) is 2. The van der Waals surface area contributed by atoms with Crippen LogP contribution in [0.5, 0.6) is 0 Å². The van der Waals surface area contributed by atoms with Crippen LogP contribution in [0.15, 0.2) is 0 Å². The number of hydrogen-bond acceptors (Lipinski definition) is 3. The van der Waals surface area contributed by atoms with E-state index < -0.39 is 0 Å². The fourth-order valence-electron chi connectivity index (χ4n) is 1.61. The number of amides is 1. The van der Waals surface area contributed by atoms with Crippen molar-refractivity contribution in [2.75, 3.05) is 26.2 Å². The van der Waals surface area contributed by atoms with Gasteiger partial charge < -0.3 is 15.3 Å². The molecule has 13 heavy (non-hydrogen) atoms. The molecule has 1 aliphatic rings. The molecule has 0 aromatic carbocycles. The van der Waals surface area contributed by atoms with Gasteiger partial charge in [0.25, 0.3) is 0 Å². The lowest BCUT2D eigenvalue weighted by molar-refractivity contribution is -0.109. The highest BCUT2D eigenvalue weighted by Gasteiger charge is 2.15. The summed E-state index contributed by atoms with van der Waals surface area (Å²) in [6.07, 6.45) is 3.42. The Bertz CT molecular complexity index is 145. The second kappa shape index (κ2) is 5.94. The number of carbonyl (C=O) groups excluding carboxylic acids is 1. The number of piperidine rings is 1. The number of nitrogens with zero attached hydrogens (tertiary/aromatic N) is 1. The Balaban J connectivity index is 1.99. The van der Waals surface area contributed by atoms with Gasteiger partial charge in [0.2, 0.25) is 6.41 Å². The Morgan fingerprint density at radius 1 is 1.46 bits per heavy atom. The Labute approximate surface area is 78.9 Å². The summed E-state index contributed by atoms with van der Waals surface area (Å²) in [6, 6.07) is 0. The maximum atomic E-state index is 9.94. The molecule has 0 unspecified atom stereocenters. The van der Waals surface area contributed by atoms with E-state index in [9.17, 15) is 9.90 Å². The molecule has 0 aromatic rings. The van der Waals surface area contributed by atoms with Gasteiger partial charge in [0, 0.05) is 19.6 Å². The molecule has 0 spiro atoms. The first-order valence-corrected chi connectivity index (χ1v) is 4.90. The van der Waals surface area contributed by atoms with E-state index >= 15 is 0 Å². The van der Waals surface area contributed by atoms with Gasteiger partial charge in [0.05, 0.1) is 6.10 Å². The van der Waals surface area contributed by atoms with Crippen LogP contribution in [0.1, 0.15) is 19.3 Å². The van der Waals surface area contributed by atoms with Crippen LogP contribution in [0.4, 0.5) is 0 Å². The molecule has 1 rings (SSSR count). The standard InChI is InChI=1S/C9H18N2O2/c12-8-10-4-1-5-11-6-2-9(13)3-7-11/h8-9,13H,1-7H2,(H,10,12). The number of likely N-dealkylation sites (tertiary alicyclic amines) is 1. The number of aliphatic hydroxyl groups is 1. The molecule has 0 bridgehead atoms. The minimum absolute atomic E-state index is 0.0932. The van der Waals surface area contributed by atoms with Crippen molar-refractivity contribution in [1.82, 2.24) is 10.2 Å². The zero-order chi connectivity index (χ0) is 9.52. The monoisotopic (exact) mass is 186 g/mol. The number of aliphatic hydroxyl groups excluding tert-OH is 1. The largest absolute Gasteiger partial charge is 0.393 e. The van der Waals surface area contributed by atoms with Gasteiger partial charge in [-0.25, -0.2) is 0 Å². The molecular formula is C9H18N2O2. The van der Waals surface area contributed by atoms with Crippen LogP contribution in [0, 0.1) is 0 Å². The van der Waals surface area contributed by atoms with Crippen LogP contribution in [-0.4, -0.2) is 48.7 Å². The van der Waals surface area contributed by atoms with E-state index in [1.165, 1.54) is 0 Å². The minimum Gasteiger partial charge on any atom is -0.393 e. The first-order valence-electron chi connectivity index (χ1n) is 4.90. The normalized spacial score (nSPS) is 20.1. The summed E-state index contributed by atoms with van der Waals surface area (Å²) in [5.41, 5.74) is 0. The lowest BCUT2D eigenvalue weighted by Crippen LogP contribution is -2.37. The van der Waals surface area contributed by atoms with E-state index in [1.54, 1.807) is 0 Å². The highest BCUT2D eigenvalue weighted by molar-refractivity contribution is 5.45. The molecule has 1 amide bonds. The number of nitrogens with one attached hydrogen (secondary N) is 1. The number of carbonyl (C=O) groups is 1. The zero-order valence-corrected chi connectivity index (χ0v) is 7.91. The van der Waals surface area contributed by atoms with Gasteiger partial charge in [-0.2, -0.15) is 0 Å². The molecule has 1 saturated heterocycles. The molecule has 76 valence electrons. The topological polar surface area (TPSA) is 52.6 Å². The van der Waals surface area contributed by atoms with Crippen molar-refractivity contribution >= 4 is 6.41 Å². The molecule has 4 nitrogen and oxygen atoms in total. The van der Waals surface area contributed by atoms with Gasteiger partial charge >= 0.3 is 0 Å². The third-order valence-electron chi connectivity index (χ3n) is 2.44. The van der Waals surface area contributed by atoms with Gasteiger partial charge in [-0.15, -0.1) is 0 Å². The van der Waals surface area contributed by atoms with Crippen LogP contribution in [0.3, 0.4) is 0 Å².